The predicted molar refractivity (Wildman–Crippen MR) is 153 cm³/mol. The molecular formula is C31H27FN6O4. The van der Waals surface area contributed by atoms with Gasteiger partial charge in [-0.1, -0.05) is 12.1 Å². The van der Waals surface area contributed by atoms with Crippen LogP contribution < -0.4 is 26.0 Å². The van der Waals surface area contributed by atoms with Crippen molar-refractivity contribution in [1.29, 1.82) is 0 Å². The molecule has 3 aromatic carbocycles. The Morgan fingerprint density at radius 2 is 1.60 bits per heavy atom. The summed E-state index contributed by atoms with van der Waals surface area (Å²) < 4.78 is 19.5. The summed E-state index contributed by atoms with van der Waals surface area (Å²) in [5.41, 5.74) is 6.20. The molecule has 3 amide bonds. The Kier molecular flexibility index (Phi) is 6.99. The maximum Gasteiger partial charge on any atom is 0.253 e. The maximum atomic E-state index is 13.6. The van der Waals surface area contributed by atoms with E-state index in [1.807, 2.05) is 6.07 Å². The van der Waals surface area contributed by atoms with Crippen LogP contribution in [0.5, 0.6) is 11.6 Å². The van der Waals surface area contributed by atoms with Crippen molar-refractivity contribution >= 4 is 40.7 Å². The van der Waals surface area contributed by atoms with E-state index in [2.05, 4.69) is 20.6 Å². The number of primary amides is 1. The summed E-state index contributed by atoms with van der Waals surface area (Å²) in [6.45, 7) is 0. The van der Waals surface area contributed by atoms with Gasteiger partial charge in [0.05, 0.1) is 11.3 Å². The van der Waals surface area contributed by atoms with E-state index in [4.69, 9.17) is 10.5 Å². The van der Waals surface area contributed by atoms with Crippen molar-refractivity contribution in [2.24, 2.45) is 11.1 Å². The largest absolute Gasteiger partial charge is 0.439 e. The average Bonchev–Trinajstić information content (AvgIpc) is 3.92. The van der Waals surface area contributed by atoms with Crippen LogP contribution in [0, 0.1) is 11.2 Å². The molecule has 212 valence electrons. The normalized spacial score (nSPS) is 14.9. The molecule has 4 N–H and O–H groups in total. The third-order valence-corrected chi connectivity index (χ3v) is 7.20. The summed E-state index contributed by atoms with van der Waals surface area (Å²) in [6.07, 6.45) is 4.22. The van der Waals surface area contributed by atoms with E-state index in [9.17, 15) is 18.8 Å². The van der Waals surface area contributed by atoms with Gasteiger partial charge in [-0.15, -0.1) is 0 Å². The lowest BCUT2D eigenvalue weighted by Crippen LogP contribution is -2.41. The summed E-state index contributed by atoms with van der Waals surface area (Å²) in [5.74, 6) is -0.844. The van der Waals surface area contributed by atoms with Gasteiger partial charge in [0.1, 0.15) is 17.0 Å². The number of hydrogen-bond acceptors (Lipinski definition) is 7. The van der Waals surface area contributed by atoms with Crippen molar-refractivity contribution in [1.82, 2.24) is 15.3 Å². The lowest BCUT2D eigenvalue weighted by Gasteiger charge is -2.26. The van der Waals surface area contributed by atoms with Crippen molar-refractivity contribution in [3.05, 3.63) is 96.4 Å². The minimum Gasteiger partial charge on any atom is -0.439 e. The molecule has 10 nitrogen and oxygen atoms in total. The molecule has 0 saturated heterocycles. The summed E-state index contributed by atoms with van der Waals surface area (Å²) in [5, 5.41) is 6.07. The number of carbonyl (C=O) groups excluding carboxylic acids is 3. The SMILES string of the molecule is NC(=O)C1(C(=O)N(c2ccc(F)cc2)c2ccc(Oc3ccnc(Nc4ccccc4C(=O)NC4CC4)n3)cc2)CC1. The molecule has 0 atom stereocenters. The lowest BCUT2D eigenvalue weighted by molar-refractivity contribution is -0.133. The third-order valence-electron chi connectivity index (χ3n) is 7.20. The molecule has 2 aliphatic rings. The minimum absolute atomic E-state index is 0.162. The zero-order chi connectivity index (χ0) is 29.3. The number of nitrogens with one attached hydrogen (secondary N) is 2. The highest BCUT2D eigenvalue weighted by Crippen LogP contribution is 2.49. The number of anilines is 4. The molecule has 0 bridgehead atoms. The quantitative estimate of drug-likeness (QED) is 0.230. The molecule has 0 aliphatic heterocycles. The first-order chi connectivity index (χ1) is 20.3. The Bertz CT molecular complexity index is 1650. The topological polar surface area (TPSA) is 140 Å². The lowest BCUT2D eigenvalue weighted by atomic mass is 10.0. The van der Waals surface area contributed by atoms with Crippen LogP contribution in [0.3, 0.4) is 0 Å². The predicted octanol–water partition coefficient (Wildman–Crippen LogP) is 4.97. The number of amides is 3. The maximum absolute atomic E-state index is 13.6. The summed E-state index contributed by atoms with van der Waals surface area (Å²) in [7, 11) is 0. The highest BCUT2D eigenvalue weighted by molar-refractivity contribution is 6.16. The number of nitrogens with two attached hydrogens (primary N) is 1. The van der Waals surface area contributed by atoms with E-state index in [0.29, 0.717) is 41.2 Å². The standard InChI is InChI=1S/C31H27FN6O4/c32-19-5-9-21(10-6-19)38(29(41)31(16-17-31)28(33)40)22-11-13-23(14-12-22)42-26-15-18-34-30(37-26)36-25-4-2-1-3-24(25)27(39)35-20-7-8-20/h1-6,9-15,18,20H,7-8,16-17H2,(H2,33,40)(H,35,39)(H,34,36,37). The number of hydrogen-bond donors (Lipinski definition) is 3. The number of aromatic nitrogens is 2. The van der Waals surface area contributed by atoms with Gasteiger partial charge in [-0.25, -0.2) is 9.37 Å². The Morgan fingerprint density at radius 3 is 2.24 bits per heavy atom. The van der Waals surface area contributed by atoms with Gasteiger partial charge in [-0.2, -0.15) is 4.98 Å². The fraction of sp³-hybridized carbons (Fsp3) is 0.194. The van der Waals surface area contributed by atoms with Crippen LogP contribution in [0.25, 0.3) is 0 Å². The third kappa shape index (κ3) is 5.62. The summed E-state index contributed by atoms with van der Waals surface area (Å²) in [6, 6.07) is 21.0. The van der Waals surface area contributed by atoms with Gasteiger partial charge < -0.3 is 21.1 Å². The molecule has 0 spiro atoms. The van der Waals surface area contributed by atoms with Crippen molar-refractivity contribution in [3.8, 4) is 11.6 Å². The molecule has 2 fully saturated rings. The average molecular weight is 567 g/mol. The molecule has 0 radical (unpaired) electrons. The van der Waals surface area contributed by atoms with Gasteiger partial charge in [0.25, 0.3) is 5.91 Å². The van der Waals surface area contributed by atoms with Gasteiger partial charge in [-0.3, -0.25) is 19.3 Å². The van der Waals surface area contributed by atoms with E-state index in [1.54, 1.807) is 48.5 Å². The highest BCUT2D eigenvalue weighted by atomic mass is 19.1. The number of carbonyl (C=O) groups is 3. The molecule has 4 aromatic rings. The second-order valence-corrected chi connectivity index (χ2v) is 10.3. The second-order valence-electron chi connectivity index (χ2n) is 10.3. The molecule has 0 unspecified atom stereocenters. The van der Waals surface area contributed by atoms with Crippen LogP contribution in [0.2, 0.25) is 0 Å². The molecule has 2 aliphatic carbocycles. The first-order valence-electron chi connectivity index (χ1n) is 13.5. The van der Waals surface area contributed by atoms with Crippen LogP contribution in [0.4, 0.5) is 27.4 Å². The molecular weight excluding hydrogens is 539 g/mol. The van der Waals surface area contributed by atoms with Gasteiger partial charge in [0.2, 0.25) is 23.6 Å². The second kappa shape index (κ2) is 10.9. The van der Waals surface area contributed by atoms with Crippen LogP contribution >= 0.6 is 0 Å². The number of nitrogens with zero attached hydrogens (tertiary/aromatic N) is 3. The van der Waals surface area contributed by atoms with Crippen LogP contribution in [0.1, 0.15) is 36.0 Å². The number of rotatable bonds is 10. The van der Waals surface area contributed by atoms with Crippen LogP contribution in [-0.2, 0) is 9.59 Å². The zero-order valence-electron chi connectivity index (χ0n) is 22.4. The van der Waals surface area contributed by atoms with Crippen molar-refractivity contribution < 1.29 is 23.5 Å². The molecule has 6 rings (SSSR count). The summed E-state index contributed by atoms with van der Waals surface area (Å²) in [4.78, 5) is 48.3. The zero-order valence-corrected chi connectivity index (χ0v) is 22.4. The first-order valence-corrected chi connectivity index (χ1v) is 13.5. The number of ether oxygens (including phenoxy) is 1. The van der Waals surface area contributed by atoms with Crippen LogP contribution in [0.15, 0.2) is 85.1 Å². The number of benzene rings is 3. The monoisotopic (exact) mass is 566 g/mol. The van der Waals surface area contributed by atoms with E-state index in [-0.39, 0.29) is 23.8 Å². The van der Waals surface area contributed by atoms with E-state index >= 15 is 0 Å². The highest BCUT2D eigenvalue weighted by Gasteiger charge is 2.57. The molecule has 42 heavy (non-hydrogen) atoms. The van der Waals surface area contributed by atoms with E-state index < -0.39 is 23.0 Å². The minimum atomic E-state index is -1.27. The van der Waals surface area contributed by atoms with Crippen molar-refractivity contribution in [3.63, 3.8) is 0 Å². The van der Waals surface area contributed by atoms with Gasteiger partial charge in [0.15, 0.2) is 0 Å². The smallest absolute Gasteiger partial charge is 0.253 e. The number of halogens is 1. The van der Waals surface area contributed by atoms with E-state index in [0.717, 1.165) is 12.8 Å². The fourth-order valence-corrected chi connectivity index (χ4v) is 4.52. The molecule has 1 heterocycles. The molecule has 11 heteroatoms. The Balaban J connectivity index is 1.20. The Hall–Kier alpha value is -5.32. The van der Waals surface area contributed by atoms with Gasteiger partial charge in [-0.05, 0) is 86.3 Å². The Morgan fingerprint density at radius 1 is 0.929 bits per heavy atom. The van der Waals surface area contributed by atoms with E-state index in [1.165, 1.54) is 35.4 Å². The summed E-state index contributed by atoms with van der Waals surface area (Å²) >= 11 is 0. The molecule has 2 saturated carbocycles. The Labute approximate surface area is 240 Å². The van der Waals surface area contributed by atoms with Crippen LogP contribution in [-0.4, -0.2) is 33.7 Å². The van der Waals surface area contributed by atoms with Gasteiger partial charge >= 0.3 is 0 Å². The first kappa shape index (κ1) is 26.9. The van der Waals surface area contributed by atoms with Gasteiger partial charge in [0, 0.05) is 29.7 Å². The molecule has 1 aromatic heterocycles. The number of para-hydroxylation sites is 1. The van der Waals surface area contributed by atoms with Crippen molar-refractivity contribution in [2.75, 3.05) is 10.2 Å². The van der Waals surface area contributed by atoms with Crippen molar-refractivity contribution in [2.45, 2.75) is 31.7 Å². The fourth-order valence-electron chi connectivity index (χ4n) is 4.52.